The molecule has 0 aromatic carbocycles. The van der Waals surface area contributed by atoms with Crippen LogP contribution < -0.4 is 0 Å². The molecular formula is C13H17N3O3. The Morgan fingerprint density at radius 2 is 2.26 bits per heavy atom. The van der Waals surface area contributed by atoms with Crippen LogP contribution in [0.2, 0.25) is 0 Å². The zero-order valence-corrected chi connectivity index (χ0v) is 10.9. The van der Waals surface area contributed by atoms with Gasteiger partial charge in [0, 0.05) is 19.2 Å². The molecule has 0 aliphatic carbocycles. The fourth-order valence-corrected chi connectivity index (χ4v) is 2.39. The first-order valence-electron chi connectivity index (χ1n) is 6.38. The second-order valence-electron chi connectivity index (χ2n) is 4.67. The number of likely N-dealkylation sites (tertiary alicyclic amines) is 1. The van der Waals surface area contributed by atoms with E-state index in [1.54, 1.807) is 11.1 Å². The predicted octanol–water partition coefficient (Wildman–Crippen LogP) is 1.31. The van der Waals surface area contributed by atoms with Crippen LogP contribution in [0.4, 0.5) is 0 Å². The maximum atomic E-state index is 12.0. The lowest BCUT2D eigenvalue weighted by Crippen LogP contribution is -2.31. The molecule has 1 saturated heterocycles. The number of aromatic nitrogens is 2. The fourth-order valence-electron chi connectivity index (χ4n) is 2.39. The van der Waals surface area contributed by atoms with Crippen LogP contribution in [0.3, 0.4) is 0 Å². The van der Waals surface area contributed by atoms with Crippen LogP contribution in [-0.2, 0) is 9.59 Å². The number of carbonyl (C=O) groups excluding carboxylic acids is 1. The summed E-state index contributed by atoms with van der Waals surface area (Å²) in [6.07, 6.45) is 3.42. The Hall–Kier alpha value is -1.98. The number of nitrogens with zero attached hydrogens (tertiary/aromatic N) is 3. The lowest BCUT2D eigenvalue weighted by molar-refractivity contribution is -0.141. The Kier molecular flexibility index (Phi) is 4.09. The van der Waals surface area contributed by atoms with Gasteiger partial charge < -0.3 is 10.0 Å². The molecule has 2 rings (SSSR count). The van der Waals surface area contributed by atoms with Crippen molar-refractivity contribution in [2.24, 2.45) is 0 Å². The molecule has 0 unspecified atom stereocenters. The molecule has 1 aliphatic rings. The summed E-state index contributed by atoms with van der Waals surface area (Å²) in [6, 6.07) is 1.78. The van der Waals surface area contributed by atoms with Gasteiger partial charge in [-0.05, 0) is 25.8 Å². The highest BCUT2D eigenvalue weighted by molar-refractivity contribution is 5.81. The Morgan fingerprint density at radius 1 is 1.47 bits per heavy atom. The van der Waals surface area contributed by atoms with E-state index in [4.69, 9.17) is 5.11 Å². The molecule has 0 spiro atoms. The van der Waals surface area contributed by atoms with E-state index in [-0.39, 0.29) is 24.8 Å². The van der Waals surface area contributed by atoms with Crippen molar-refractivity contribution >= 4 is 11.9 Å². The van der Waals surface area contributed by atoms with Gasteiger partial charge in [0.1, 0.15) is 5.82 Å². The number of carboxylic acids is 1. The van der Waals surface area contributed by atoms with Crippen molar-refractivity contribution in [3.8, 4) is 0 Å². The summed E-state index contributed by atoms with van der Waals surface area (Å²) in [6.45, 7) is 2.49. The van der Waals surface area contributed by atoms with Gasteiger partial charge in [0.05, 0.1) is 18.2 Å². The van der Waals surface area contributed by atoms with Gasteiger partial charge in [-0.1, -0.05) is 0 Å². The molecule has 6 heteroatoms. The van der Waals surface area contributed by atoms with E-state index in [2.05, 4.69) is 9.97 Å². The highest BCUT2D eigenvalue weighted by atomic mass is 16.4. The summed E-state index contributed by atoms with van der Waals surface area (Å²) >= 11 is 0. The number of aliphatic carboxylic acids is 1. The fraction of sp³-hybridized carbons (Fsp3) is 0.538. The summed E-state index contributed by atoms with van der Waals surface area (Å²) in [4.78, 5) is 32.7. The first kappa shape index (κ1) is 13.5. The molecule has 1 N–H and O–H groups in total. The summed E-state index contributed by atoms with van der Waals surface area (Å²) in [5.41, 5.74) is 0.841. The van der Waals surface area contributed by atoms with Crippen molar-refractivity contribution in [1.29, 1.82) is 0 Å². The molecule has 1 aliphatic heterocycles. The minimum absolute atomic E-state index is 0.0389. The summed E-state index contributed by atoms with van der Waals surface area (Å²) < 4.78 is 0. The number of carbonyl (C=O) groups is 2. The van der Waals surface area contributed by atoms with Crippen LogP contribution in [0.25, 0.3) is 0 Å². The third-order valence-electron chi connectivity index (χ3n) is 3.26. The smallest absolute Gasteiger partial charge is 0.303 e. The van der Waals surface area contributed by atoms with E-state index < -0.39 is 5.97 Å². The van der Waals surface area contributed by atoms with Crippen molar-refractivity contribution in [3.63, 3.8) is 0 Å². The van der Waals surface area contributed by atoms with Crippen LogP contribution in [0.15, 0.2) is 12.3 Å². The standard InChI is InChI=1S/C13H17N3O3/c1-9-14-7-6-10(15-9)11-3-2-8-16(11)12(17)4-5-13(18)19/h6-7,11H,2-5,8H2,1H3,(H,18,19)/t11-/m1/s1. The number of aryl methyl sites for hydroxylation is 1. The third-order valence-corrected chi connectivity index (χ3v) is 3.26. The monoisotopic (exact) mass is 263 g/mol. The molecule has 1 aromatic heterocycles. The maximum Gasteiger partial charge on any atom is 0.303 e. The topological polar surface area (TPSA) is 83.4 Å². The quantitative estimate of drug-likeness (QED) is 0.885. The SMILES string of the molecule is Cc1nccc([C@H]2CCCN2C(=O)CCC(=O)O)n1. The Labute approximate surface area is 111 Å². The Bertz CT molecular complexity index is 490. The van der Waals surface area contributed by atoms with Crippen molar-refractivity contribution in [3.05, 3.63) is 23.8 Å². The molecular weight excluding hydrogens is 246 g/mol. The lowest BCUT2D eigenvalue weighted by atomic mass is 10.1. The van der Waals surface area contributed by atoms with Crippen LogP contribution in [0, 0.1) is 6.92 Å². The van der Waals surface area contributed by atoms with Gasteiger partial charge in [0.2, 0.25) is 5.91 Å². The maximum absolute atomic E-state index is 12.0. The van der Waals surface area contributed by atoms with E-state index >= 15 is 0 Å². The third kappa shape index (κ3) is 3.27. The highest BCUT2D eigenvalue weighted by Crippen LogP contribution is 2.31. The zero-order valence-electron chi connectivity index (χ0n) is 10.9. The van der Waals surface area contributed by atoms with Gasteiger partial charge >= 0.3 is 5.97 Å². The zero-order chi connectivity index (χ0) is 13.8. The molecule has 102 valence electrons. The highest BCUT2D eigenvalue weighted by Gasteiger charge is 2.30. The van der Waals surface area contributed by atoms with Gasteiger partial charge in [0.15, 0.2) is 0 Å². The predicted molar refractivity (Wildman–Crippen MR) is 67.3 cm³/mol. The van der Waals surface area contributed by atoms with Gasteiger partial charge in [0.25, 0.3) is 0 Å². The Balaban J connectivity index is 2.08. The van der Waals surface area contributed by atoms with Crippen LogP contribution in [-0.4, -0.2) is 38.4 Å². The first-order valence-corrected chi connectivity index (χ1v) is 6.38. The molecule has 0 bridgehead atoms. The minimum atomic E-state index is -0.943. The molecule has 1 amide bonds. The molecule has 0 saturated carbocycles. The van der Waals surface area contributed by atoms with Crippen molar-refractivity contribution in [1.82, 2.24) is 14.9 Å². The number of hydrogen-bond acceptors (Lipinski definition) is 4. The number of rotatable bonds is 4. The van der Waals surface area contributed by atoms with Crippen LogP contribution in [0.1, 0.15) is 43.2 Å². The van der Waals surface area contributed by atoms with E-state index in [1.165, 1.54) is 0 Å². The number of amides is 1. The van der Waals surface area contributed by atoms with Crippen molar-refractivity contribution < 1.29 is 14.7 Å². The van der Waals surface area contributed by atoms with E-state index in [0.717, 1.165) is 18.5 Å². The van der Waals surface area contributed by atoms with E-state index in [9.17, 15) is 9.59 Å². The van der Waals surface area contributed by atoms with Gasteiger partial charge in [-0.3, -0.25) is 9.59 Å². The largest absolute Gasteiger partial charge is 0.481 e. The van der Waals surface area contributed by atoms with Gasteiger partial charge in [-0.15, -0.1) is 0 Å². The van der Waals surface area contributed by atoms with Gasteiger partial charge in [-0.25, -0.2) is 9.97 Å². The van der Waals surface area contributed by atoms with E-state index in [0.29, 0.717) is 12.4 Å². The average Bonchev–Trinajstić information content (AvgIpc) is 2.85. The molecule has 1 atom stereocenters. The molecule has 0 radical (unpaired) electrons. The summed E-state index contributed by atoms with van der Waals surface area (Å²) in [5, 5.41) is 8.63. The normalized spacial score (nSPS) is 18.6. The van der Waals surface area contributed by atoms with Crippen molar-refractivity contribution in [2.45, 2.75) is 38.6 Å². The molecule has 1 fully saturated rings. The minimum Gasteiger partial charge on any atom is -0.481 e. The van der Waals surface area contributed by atoms with E-state index in [1.807, 2.05) is 13.0 Å². The summed E-state index contributed by atoms with van der Waals surface area (Å²) in [7, 11) is 0. The van der Waals surface area contributed by atoms with Crippen LogP contribution >= 0.6 is 0 Å². The molecule has 6 nitrogen and oxygen atoms in total. The molecule has 19 heavy (non-hydrogen) atoms. The average molecular weight is 263 g/mol. The van der Waals surface area contributed by atoms with Crippen molar-refractivity contribution in [2.75, 3.05) is 6.54 Å². The second-order valence-corrected chi connectivity index (χ2v) is 4.67. The molecule has 1 aromatic rings. The Morgan fingerprint density at radius 3 is 2.95 bits per heavy atom. The number of hydrogen-bond donors (Lipinski definition) is 1. The molecule has 2 heterocycles. The van der Waals surface area contributed by atoms with Gasteiger partial charge in [-0.2, -0.15) is 0 Å². The first-order chi connectivity index (χ1) is 9.08. The number of carboxylic acid groups (broad SMARTS) is 1. The van der Waals surface area contributed by atoms with Crippen LogP contribution in [0.5, 0.6) is 0 Å². The lowest BCUT2D eigenvalue weighted by Gasteiger charge is -2.24. The second kappa shape index (κ2) is 5.77. The summed E-state index contributed by atoms with van der Waals surface area (Å²) in [5.74, 6) is -0.370.